The lowest BCUT2D eigenvalue weighted by Gasteiger charge is -2.30. The average Bonchev–Trinajstić information content (AvgIpc) is 2.38. The number of thioether (sulfide) groups is 1. The first-order valence-corrected chi connectivity index (χ1v) is 7.69. The highest BCUT2D eigenvalue weighted by Gasteiger charge is 2.24. The van der Waals surface area contributed by atoms with Crippen LogP contribution in [0.4, 0.5) is 0 Å². The van der Waals surface area contributed by atoms with Crippen molar-refractivity contribution in [2.75, 3.05) is 12.9 Å². The van der Waals surface area contributed by atoms with Gasteiger partial charge in [0, 0.05) is 5.25 Å². The number of rotatable bonds is 6. The molecule has 0 aromatic carbocycles. The van der Waals surface area contributed by atoms with Crippen molar-refractivity contribution in [3.63, 3.8) is 0 Å². The van der Waals surface area contributed by atoms with E-state index in [1.54, 1.807) is 0 Å². The third kappa shape index (κ3) is 4.88. The molecule has 1 aliphatic rings. The number of methoxy groups -OCH3 is 1. The highest BCUT2D eigenvalue weighted by Crippen LogP contribution is 2.35. The summed E-state index contributed by atoms with van der Waals surface area (Å²) in [6, 6.07) is -0.448. The van der Waals surface area contributed by atoms with Crippen LogP contribution in [0.2, 0.25) is 0 Å². The second-order valence-corrected chi connectivity index (χ2v) is 6.13. The second kappa shape index (κ2) is 7.98. The van der Waals surface area contributed by atoms with Crippen LogP contribution in [0.25, 0.3) is 0 Å². The van der Waals surface area contributed by atoms with Crippen molar-refractivity contribution in [3.05, 3.63) is 0 Å². The third-order valence-electron chi connectivity index (χ3n) is 3.63. The smallest absolute Gasteiger partial charge is 0.322 e. The number of nitrogens with two attached hydrogens (primary N) is 1. The summed E-state index contributed by atoms with van der Waals surface area (Å²) in [6.45, 7) is 2.28. The van der Waals surface area contributed by atoms with Gasteiger partial charge in [-0.25, -0.2) is 0 Å². The van der Waals surface area contributed by atoms with Crippen LogP contribution in [0.1, 0.15) is 45.4 Å². The molecule has 0 aliphatic heterocycles. The molecule has 0 aromatic rings. The summed E-state index contributed by atoms with van der Waals surface area (Å²) in [5, 5.41) is 0.776. The first-order valence-electron chi connectivity index (χ1n) is 6.64. The molecule has 17 heavy (non-hydrogen) atoms. The van der Waals surface area contributed by atoms with E-state index in [-0.39, 0.29) is 5.97 Å². The normalized spacial score (nSPS) is 26.5. The fraction of sp³-hybridized carbons (Fsp3) is 0.923. The molecular formula is C13H25NO2S. The predicted molar refractivity (Wildman–Crippen MR) is 73.1 cm³/mol. The molecule has 0 radical (unpaired) electrons. The van der Waals surface area contributed by atoms with Crippen LogP contribution in [0.15, 0.2) is 0 Å². The number of esters is 1. The Morgan fingerprint density at radius 3 is 2.82 bits per heavy atom. The van der Waals surface area contributed by atoms with Gasteiger partial charge in [0.1, 0.15) is 6.04 Å². The van der Waals surface area contributed by atoms with E-state index >= 15 is 0 Å². The average molecular weight is 259 g/mol. The molecule has 0 spiro atoms. The van der Waals surface area contributed by atoms with Crippen molar-refractivity contribution in [1.82, 2.24) is 0 Å². The van der Waals surface area contributed by atoms with E-state index < -0.39 is 6.04 Å². The van der Waals surface area contributed by atoms with Gasteiger partial charge in [-0.15, -0.1) is 0 Å². The Morgan fingerprint density at radius 2 is 2.18 bits per heavy atom. The van der Waals surface area contributed by atoms with Gasteiger partial charge in [0.15, 0.2) is 0 Å². The van der Waals surface area contributed by atoms with Gasteiger partial charge in [0.2, 0.25) is 0 Å². The Hall–Kier alpha value is -0.220. The summed E-state index contributed by atoms with van der Waals surface area (Å²) < 4.78 is 4.62. The lowest BCUT2D eigenvalue weighted by Crippen LogP contribution is -2.32. The van der Waals surface area contributed by atoms with Gasteiger partial charge in [-0.2, -0.15) is 11.8 Å². The van der Waals surface area contributed by atoms with Gasteiger partial charge in [-0.1, -0.05) is 26.2 Å². The molecule has 0 saturated heterocycles. The molecule has 0 aromatic heterocycles. The van der Waals surface area contributed by atoms with Crippen molar-refractivity contribution >= 4 is 17.7 Å². The van der Waals surface area contributed by atoms with Gasteiger partial charge in [0.05, 0.1) is 7.11 Å². The largest absolute Gasteiger partial charge is 0.468 e. The number of hydrogen-bond donors (Lipinski definition) is 1. The number of ether oxygens (including phenoxy) is 1. The molecule has 0 amide bonds. The minimum atomic E-state index is -0.448. The van der Waals surface area contributed by atoms with E-state index in [1.165, 1.54) is 39.2 Å². The van der Waals surface area contributed by atoms with E-state index in [2.05, 4.69) is 11.7 Å². The Bertz CT molecular complexity index is 235. The molecule has 2 N–H and O–H groups in total. The molecule has 1 fully saturated rings. The summed E-state index contributed by atoms with van der Waals surface area (Å²) in [4.78, 5) is 11.2. The van der Waals surface area contributed by atoms with Crippen molar-refractivity contribution in [2.24, 2.45) is 11.7 Å². The SMILES string of the molecule is CCC1CCCCC1SCCC(N)C(=O)OC. The maximum absolute atomic E-state index is 11.2. The standard InChI is InChI=1S/C13H25NO2S/c1-3-10-6-4-5-7-12(10)17-9-8-11(14)13(15)16-2/h10-12H,3-9,14H2,1-2H3. The van der Waals surface area contributed by atoms with E-state index in [0.29, 0.717) is 0 Å². The van der Waals surface area contributed by atoms with Crippen LogP contribution in [-0.4, -0.2) is 30.1 Å². The van der Waals surface area contributed by atoms with Crippen LogP contribution in [-0.2, 0) is 9.53 Å². The van der Waals surface area contributed by atoms with Gasteiger partial charge in [0.25, 0.3) is 0 Å². The Balaban J connectivity index is 2.22. The fourth-order valence-electron chi connectivity index (χ4n) is 2.48. The van der Waals surface area contributed by atoms with Crippen LogP contribution in [0.5, 0.6) is 0 Å². The monoisotopic (exact) mass is 259 g/mol. The van der Waals surface area contributed by atoms with Crippen molar-refractivity contribution in [1.29, 1.82) is 0 Å². The van der Waals surface area contributed by atoms with Crippen molar-refractivity contribution in [2.45, 2.75) is 56.7 Å². The van der Waals surface area contributed by atoms with Crippen molar-refractivity contribution in [3.8, 4) is 0 Å². The maximum atomic E-state index is 11.2. The first-order chi connectivity index (χ1) is 8.19. The van der Waals surface area contributed by atoms with E-state index in [0.717, 1.165) is 23.3 Å². The molecule has 1 aliphatic carbocycles. The zero-order chi connectivity index (χ0) is 12.7. The van der Waals surface area contributed by atoms with Gasteiger partial charge < -0.3 is 10.5 Å². The zero-order valence-electron chi connectivity index (χ0n) is 11.0. The van der Waals surface area contributed by atoms with Crippen LogP contribution in [0, 0.1) is 5.92 Å². The summed E-state index contributed by atoms with van der Waals surface area (Å²) in [5.74, 6) is 1.54. The molecular weight excluding hydrogens is 234 g/mol. The Kier molecular flexibility index (Phi) is 6.97. The van der Waals surface area contributed by atoms with E-state index in [1.807, 2.05) is 11.8 Å². The third-order valence-corrected chi connectivity index (χ3v) is 5.15. The number of hydrogen-bond acceptors (Lipinski definition) is 4. The van der Waals surface area contributed by atoms with Crippen LogP contribution >= 0.6 is 11.8 Å². The fourth-order valence-corrected chi connectivity index (χ4v) is 4.10. The number of carbonyl (C=O) groups is 1. The minimum Gasteiger partial charge on any atom is -0.468 e. The summed E-state index contributed by atoms with van der Waals surface area (Å²) in [6.07, 6.45) is 7.45. The topological polar surface area (TPSA) is 52.3 Å². The molecule has 1 saturated carbocycles. The van der Waals surface area contributed by atoms with E-state index in [4.69, 9.17) is 5.73 Å². The predicted octanol–water partition coefficient (Wildman–Crippen LogP) is 2.58. The Labute approximate surface area is 109 Å². The maximum Gasteiger partial charge on any atom is 0.322 e. The second-order valence-electron chi connectivity index (χ2n) is 4.78. The van der Waals surface area contributed by atoms with Crippen LogP contribution in [0.3, 0.4) is 0 Å². The molecule has 3 atom stereocenters. The minimum absolute atomic E-state index is 0.290. The van der Waals surface area contributed by atoms with Gasteiger partial charge in [-0.05, 0) is 30.9 Å². The zero-order valence-corrected chi connectivity index (χ0v) is 11.8. The molecule has 1 rings (SSSR count). The molecule has 3 unspecified atom stereocenters. The van der Waals surface area contributed by atoms with Crippen molar-refractivity contribution < 1.29 is 9.53 Å². The highest BCUT2D eigenvalue weighted by molar-refractivity contribution is 7.99. The molecule has 0 bridgehead atoms. The summed E-state index contributed by atoms with van der Waals surface area (Å²) in [5.41, 5.74) is 5.72. The number of carbonyl (C=O) groups excluding carboxylic acids is 1. The van der Waals surface area contributed by atoms with Gasteiger partial charge in [-0.3, -0.25) is 4.79 Å². The molecule has 0 heterocycles. The molecule has 3 nitrogen and oxygen atoms in total. The van der Waals surface area contributed by atoms with E-state index in [9.17, 15) is 4.79 Å². The van der Waals surface area contributed by atoms with Crippen LogP contribution < -0.4 is 5.73 Å². The lowest BCUT2D eigenvalue weighted by molar-refractivity contribution is -0.142. The summed E-state index contributed by atoms with van der Waals surface area (Å²) in [7, 11) is 1.39. The lowest BCUT2D eigenvalue weighted by atomic mass is 9.87. The first kappa shape index (κ1) is 14.8. The Morgan fingerprint density at radius 1 is 1.47 bits per heavy atom. The quantitative estimate of drug-likeness (QED) is 0.745. The highest BCUT2D eigenvalue weighted by atomic mass is 32.2. The summed E-state index contributed by atoms with van der Waals surface area (Å²) >= 11 is 2.00. The van der Waals surface area contributed by atoms with Gasteiger partial charge >= 0.3 is 5.97 Å². The molecule has 4 heteroatoms. The molecule has 100 valence electrons.